The first-order chi connectivity index (χ1) is 15.7. The number of alkyl halides is 3. The van der Waals surface area contributed by atoms with Gasteiger partial charge in [-0.1, -0.05) is 22.0 Å². The Bertz CT molecular complexity index is 1270. The molecule has 170 valence electrons. The van der Waals surface area contributed by atoms with Crippen LogP contribution in [0.25, 0.3) is 22.6 Å². The van der Waals surface area contributed by atoms with Crippen molar-refractivity contribution >= 4 is 15.9 Å². The van der Waals surface area contributed by atoms with Gasteiger partial charge in [-0.05, 0) is 36.4 Å². The van der Waals surface area contributed by atoms with Gasteiger partial charge in [0.2, 0.25) is 0 Å². The molecule has 0 saturated heterocycles. The highest BCUT2D eigenvalue weighted by Crippen LogP contribution is 2.34. The van der Waals surface area contributed by atoms with Crippen LogP contribution in [0.3, 0.4) is 0 Å². The number of aromatic amines is 1. The number of imidazole rings is 1. The largest absolute Gasteiger partial charge is 0.496 e. The summed E-state index contributed by atoms with van der Waals surface area (Å²) in [5, 5.41) is 0. The van der Waals surface area contributed by atoms with E-state index in [1.54, 1.807) is 36.5 Å². The number of hydrogen-bond donors (Lipinski definition) is 1. The minimum Gasteiger partial charge on any atom is -0.496 e. The number of benzene rings is 2. The quantitative estimate of drug-likeness (QED) is 0.288. The molecule has 0 unspecified atom stereocenters. The van der Waals surface area contributed by atoms with Gasteiger partial charge in [0, 0.05) is 33.4 Å². The summed E-state index contributed by atoms with van der Waals surface area (Å²) in [6.07, 6.45) is -1.85. The number of pyridine rings is 1. The average Bonchev–Trinajstić information content (AvgIpc) is 3.28. The summed E-state index contributed by atoms with van der Waals surface area (Å²) in [7, 11) is 1.49. The first-order valence-corrected chi connectivity index (χ1v) is 10.4. The highest BCUT2D eigenvalue weighted by molar-refractivity contribution is 9.10. The fourth-order valence-electron chi connectivity index (χ4n) is 3.09. The lowest BCUT2D eigenvalue weighted by molar-refractivity contribution is -0.141. The number of nitrogens with one attached hydrogen (secondary N) is 1. The molecule has 0 saturated carbocycles. The van der Waals surface area contributed by atoms with Gasteiger partial charge < -0.3 is 14.5 Å². The van der Waals surface area contributed by atoms with Gasteiger partial charge in [-0.25, -0.2) is 9.37 Å². The van der Waals surface area contributed by atoms with Crippen molar-refractivity contribution in [3.8, 4) is 34.1 Å². The van der Waals surface area contributed by atoms with Crippen LogP contribution in [0, 0.1) is 5.82 Å². The van der Waals surface area contributed by atoms with Crippen LogP contribution < -0.4 is 9.47 Å². The minimum atomic E-state index is -4.51. The Kier molecular flexibility index (Phi) is 6.37. The smallest absolute Gasteiger partial charge is 0.433 e. The van der Waals surface area contributed by atoms with Crippen LogP contribution in [0.4, 0.5) is 17.6 Å². The zero-order valence-electron chi connectivity index (χ0n) is 17.1. The molecule has 0 aliphatic rings. The van der Waals surface area contributed by atoms with E-state index in [2.05, 4.69) is 30.9 Å². The van der Waals surface area contributed by atoms with Crippen molar-refractivity contribution in [3.63, 3.8) is 0 Å². The summed E-state index contributed by atoms with van der Waals surface area (Å²) >= 11 is 3.21. The molecule has 5 nitrogen and oxygen atoms in total. The molecule has 0 aliphatic carbocycles. The van der Waals surface area contributed by atoms with Gasteiger partial charge in [0.1, 0.15) is 35.4 Å². The minimum absolute atomic E-state index is 0.0384. The molecule has 0 radical (unpaired) electrons. The van der Waals surface area contributed by atoms with Gasteiger partial charge in [-0.2, -0.15) is 13.2 Å². The predicted octanol–water partition coefficient (Wildman–Crippen LogP) is 6.65. The van der Waals surface area contributed by atoms with Gasteiger partial charge in [0.05, 0.1) is 19.0 Å². The highest BCUT2D eigenvalue weighted by atomic mass is 79.9. The van der Waals surface area contributed by atoms with E-state index in [0.717, 1.165) is 12.3 Å². The molecule has 4 rings (SSSR count). The van der Waals surface area contributed by atoms with Gasteiger partial charge in [-0.3, -0.25) is 4.98 Å². The fraction of sp³-hybridized carbons (Fsp3) is 0.130. The van der Waals surface area contributed by atoms with E-state index in [9.17, 15) is 17.6 Å². The molecule has 1 N–H and O–H groups in total. The van der Waals surface area contributed by atoms with Gasteiger partial charge in [0.25, 0.3) is 0 Å². The second kappa shape index (κ2) is 9.22. The topological polar surface area (TPSA) is 60.0 Å². The number of H-pyrrole nitrogens is 1. The van der Waals surface area contributed by atoms with Crippen LogP contribution in [0.5, 0.6) is 11.5 Å². The summed E-state index contributed by atoms with van der Waals surface area (Å²) in [6.45, 7) is 0.0384. The molecule has 2 heterocycles. The molecular weight excluding hydrogens is 506 g/mol. The number of hydrogen-bond acceptors (Lipinski definition) is 4. The number of aromatic nitrogens is 3. The van der Waals surface area contributed by atoms with E-state index in [1.165, 1.54) is 19.2 Å². The van der Waals surface area contributed by atoms with Crippen LogP contribution in [0.2, 0.25) is 0 Å². The van der Waals surface area contributed by atoms with Crippen molar-refractivity contribution in [2.24, 2.45) is 0 Å². The number of ether oxygens (including phenoxy) is 2. The Balaban J connectivity index is 1.53. The first-order valence-electron chi connectivity index (χ1n) is 9.58. The Morgan fingerprint density at radius 2 is 1.82 bits per heavy atom. The van der Waals surface area contributed by atoms with E-state index in [0.29, 0.717) is 44.2 Å². The second-order valence-corrected chi connectivity index (χ2v) is 7.88. The Morgan fingerprint density at radius 3 is 2.48 bits per heavy atom. The molecule has 2 aromatic carbocycles. The summed E-state index contributed by atoms with van der Waals surface area (Å²) in [5.74, 6) is 0.934. The Labute approximate surface area is 194 Å². The number of methoxy groups -OCH3 is 1. The van der Waals surface area contributed by atoms with Crippen LogP contribution in [0.1, 0.15) is 11.3 Å². The predicted molar refractivity (Wildman–Crippen MR) is 117 cm³/mol. The van der Waals surface area contributed by atoms with Gasteiger partial charge in [0.15, 0.2) is 0 Å². The molecule has 0 bridgehead atoms. The molecule has 0 aliphatic heterocycles. The van der Waals surface area contributed by atoms with Crippen molar-refractivity contribution in [3.05, 3.63) is 82.5 Å². The van der Waals surface area contributed by atoms with Crippen molar-refractivity contribution in [2.45, 2.75) is 12.8 Å². The standard InChI is InChI=1S/C23H16BrF4N3O2/c1-32-20-9-16(33-12-14-2-4-15(24)8-18(14)25)5-6-17(20)19-11-30-22(31-19)13-3-7-21(29-10-13)23(26,27)28/h2-11H,12H2,1H3,(H,30,31). The van der Waals surface area contributed by atoms with Gasteiger partial charge in [-0.15, -0.1) is 0 Å². The van der Waals surface area contributed by atoms with E-state index in [4.69, 9.17) is 9.47 Å². The molecule has 4 aromatic rings. The monoisotopic (exact) mass is 521 g/mol. The average molecular weight is 522 g/mol. The molecule has 33 heavy (non-hydrogen) atoms. The number of nitrogens with zero attached hydrogens (tertiary/aromatic N) is 2. The lowest BCUT2D eigenvalue weighted by Gasteiger charge is -2.11. The van der Waals surface area contributed by atoms with Crippen LogP contribution >= 0.6 is 15.9 Å². The van der Waals surface area contributed by atoms with Crippen molar-refractivity contribution in [2.75, 3.05) is 7.11 Å². The number of halogens is 5. The second-order valence-electron chi connectivity index (χ2n) is 6.96. The van der Waals surface area contributed by atoms with Gasteiger partial charge >= 0.3 is 6.18 Å². The summed E-state index contributed by atoms with van der Waals surface area (Å²) < 4.78 is 64.0. The zero-order chi connectivity index (χ0) is 23.6. The third-order valence-corrected chi connectivity index (χ3v) is 5.27. The summed E-state index contributed by atoms with van der Waals surface area (Å²) in [6, 6.07) is 12.0. The van der Waals surface area contributed by atoms with E-state index < -0.39 is 11.9 Å². The molecule has 0 spiro atoms. The van der Waals surface area contributed by atoms with Crippen LogP contribution in [0.15, 0.2) is 65.4 Å². The molecule has 10 heteroatoms. The van der Waals surface area contributed by atoms with Crippen LogP contribution in [-0.4, -0.2) is 22.1 Å². The third-order valence-electron chi connectivity index (χ3n) is 4.78. The summed E-state index contributed by atoms with van der Waals surface area (Å²) in [4.78, 5) is 10.8. The van der Waals surface area contributed by atoms with Crippen molar-refractivity contribution in [1.29, 1.82) is 0 Å². The molecule has 2 aromatic heterocycles. The SMILES string of the molecule is COc1cc(OCc2ccc(Br)cc2F)ccc1-c1cnc(-c2ccc(C(F)(F)F)nc2)[nH]1. The first kappa shape index (κ1) is 22.8. The highest BCUT2D eigenvalue weighted by Gasteiger charge is 2.32. The maximum Gasteiger partial charge on any atom is 0.433 e. The Morgan fingerprint density at radius 1 is 1.00 bits per heavy atom. The maximum absolute atomic E-state index is 14.0. The third kappa shape index (κ3) is 5.16. The van der Waals surface area contributed by atoms with Crippen molar-refractivity contribution < 1.29 is 27.0 Å². The normalized spacial score (nSPS) is 11.5. The van der Waals surface area contributed by atoms with E-state index in [-0.39, 0.29) is 12.4 Å². The lowest BCUT2D eigenvalue weighted by atomic mass is 10.1. The molecule has 0 atom stereocenters. The fourth-order valence-corrected chi connectivity index (χ4v) is 3.42. The van der Waals surface area contributed by atoms with Crippen molar-refractivity contribution in [1.82, 2.24) is 15.0 Å². The Hall–Kier alpha value is -3.40. The number of rotatable bonds is 6. The van der Waals surface area contributed by atoms with Crippen LogP contribution in [-0.2, 0) is 12.8 Å². The summed E-state index contributed by atoms with van der Waals surface area (Å²) in [5.41, 5.74) is 1.10. The van der Waals surface area contributed by atoms with E-state index >= 15 is 0 Å². The molecular formula is C23H16BrF4N3O2. The lowest BCUT2D eigenvalue weighted by Crippen LogP contribution is -2.07. The maximum atomic E-state index is 14.0. The molecule has 0 fully saturated rings. The molecule has 0 amide bonds. The zero-order valence-corrected chi connectivity index (χ0v) is 18.7. The van der Waals surface area contributed by atoms with E-state index in [1.807, 2.05) is 0 Å².